The number of rotatable bonds is 15. The van der Waals surface area contributed by atoms with Crippen molar-refractivity contribution in [2.24, 2.45) is 17.8 Å². The molecule has 0 bridgehead atoms. The standard InChI is InChI=1S/C48H92N4O15/c1-17-35-48(13,60)39(55)31(6)51(14)25-27(2)22-46(11,59)41(29(4)38(30(5)42(57)64-35)65-36-23-47(12,61-16)40(56)32(7)63-36)66-43-37(54)34(21-28(3)62-43)52(15)26-33(53)24-49-19-18-20-50-44(58)67-45(8,9)10/h27-41,43,49,53-56,59-60H,17-26H2,1-16H3,(H,50,58)/t27-,28-,29+,30-,31-,32+,33?,34?,35-,36+,37-,38+,39-,40+,41-,43+,46-,47-,48-/m1/s1. The van der Waals surface area contributed by atoms with Crippen molar-refractivity contribution in [3.05, 3.63) is 0 Å². The summed E-state index contributed by atoms with van der Waals surface area (Å²) in [5, 5.41) is 76.3. The van der Waals surface area contributed by atoms with Gasteiger partial charge in [-0.15, -0.1) is 0 Å². The van der Waals surface area contributed by atoms with Crippen molar-refractivity contribution in [1.29, 1.82) is 0 Å². The van der Waals surface area contributed by atoms with E-state index in [2.05, 4.69) is 10.6 Å². The Bertz CT molecular complexity index is 1520. The average Bonchev–Trinajstić information content (AvgIpc) is 3.22. The lowest BCUT2D eigenvalue weighted by molar-refractivity contribution is -0.318. The van der Waals surface area contributed by atoms with E-state index in [0.29, 0.717) is 32.5 Å². The largest absolute Gasteiger partial charge is 0.459 e. The first kappa shape index (κ1) is 59.5. The van der Waals surface area contributed by atoms with Gasteiger partial charge >= 0.3 is 12.1 Å². The van der Waals surface area contributed by atoms with Gasteiger partial charge in [0.05, 0.1) is 47.6 Å². The second kappa shape index (κ2) is 25.0. The summed E-state index contributed by atoms with van der Waals surface area (Å²) in [7, 11) is 5.12. The van der Waals surface area contributed by atoms with Crippen molar-refractivity contribution < 1.29 is 73.4 Å². The molecular weight excluding hydrogens is 873 g/mol. The third kappa shape index (κ3) is 16.4. The number of amides is 1. The fourth-order valence-electron chi connectivity index (χ4n) is 10.2. The molecule has 3 fully saturated rings. The van der Waals surface area contributed by atoms with Crippen LogP contribution in [0.25, 0.3) is 0 Å². The number of esters is 1. The van der Waals surface area contributed by atoms with Crippen LogP contribution < -0.4 is 10.6 Å². The highest BCUT2D eigenvalue weighted by atomic mass is 16.7. The zero-order valence-electron chi connectivity index (χ0n) is 43.6. The summed E-state index contributed by atoms with van der Waals surface area (Å²) in [6.45, 7) is 24.6. The molecule has 3 saturated heterocycles. The van der Waals surface area contributed by atoms with E-state index >= 15 is 0 Å². The predicted octanol–water partition coefficient (Wildman–Crippen LogP) is 2.14. The highest BCUT2D eigenvalue weighted by Gasteiger charge is 2.53. The van der Waals surface area contributed by atoms with E-state index in [4.69, 9.17) is 33.2 Å². The molecule has 3 aliphatic rings. The first-order valence-electron chi connectivity index (χ1n) is 24.5. The second-order valence-corrected chi connectivity index (χ2v) is 21.8. The maximum Gasteiger partial charge on any atom is 0.407 e. The molecule has 67 heavy (non-hydrogen) atoms. The number of nitrogens with zero attached hydrogens (tertiary/aromatic N) is 2. The Kier molecular flexibility index (Phi) is 22.2. The number of aliphatic hydroxyl groups excluding tert-OH is 4. The molecule has 0 aliphatic carbocycles. The molecule has 3 aliphatic heterocycles. The van der Waals surface area contributed by atoms with Gasteiger partial charge in [-0.25, -0.2) is 4.79 Å². The third-order valence-electron chi connectivity index (χ3n) is 14.2. The van der Waals surface area contributed by atoms with Crippen LogP contribution in [0.1, 0.15) is 122 Å². The molecular formula is C48H92N4O15. The molecule has 394 valence electrons. The van der Waals surface area contributed by atoms with E-state index in [9.17, 15) is 40.2 Å². The smallest absolute Gasteiger partial charge is 0.407 e. The Hall–Kier alpha value is -1.82. The van der Waals surface area contributed by atoms with E-state index in [1.165, 1.54) is 14.0 Å². The molecule has 2 unspecified atom stereocenters. The van der Waals surface area contributed by atoms with Gasteiger partial charge in [0.15, 0.2) is 12.6 Å². The van der Waals surface area contributed by atoms with Crippen LogP contribution in [-0.2, 0) is 38.0 Å². The number of carbonyl (C=O) groups is 2. The lowest BCUT2D eigenvalue weighted by atomic mass is 9.77. The minimum atomic E-state index is -1.84. The molecule has 0 aromatic rings. The van der Waals surface area contributed by atoms with E-state index in [1.807, 2.05) is 37.7 Å². The van der Waals surface area contributed by atoms with Crippen LogP contribution in [0.5, 0.6) is 0 Å². The number of carbonyl (C=O) groups excluding carboxylic acids is 2. The molecule has 1 amide bonds. The van der Waals surface area contributed by atoms with Crippen molar-refractivity contribution in [1.82, 2.24) is 20.4 Å². The Morgan fingerprint density at radius 2 is 1.63 bits per heavy atom. The van der Waals surface area contributed by atoms with E-state index in [0.717, 1.165) is 0 Å². The summed E-state index contributed by atoms with van der Waals surface area (Å²) in [5.74, 6) is -2.86. The number of hydrogen-bond donors (Lipinski definition) is 8. The van der Waals surface area contributed by atoms with Gasteiger partial charge in [0.25, 0.3) is 0 Å². The SMILES string of the molecule is CC[C@H]1OC(=O)[C@H](C)[C@@H](O[C@H]2C[C@@](C)(OC)[C@@H](O)[C@H](C)O2)[C@H](C)[C@@H](O[C@@H]2O[C@H](C)CC(N(C)CC(O)CNCCCNC(=O)OC(C)(C)C)[C@H]2O)[C@](C)(O)C[C@@H](C)CN(C)[C@H](C)[C@@H](O)[C@]1(C)O. The lowest BCUT2D eigenvalue weighted by Crippen LogP contribution is -2.61. The zero-order valence-corrected chi connectivity index (χ0v) is 43.6. The molecule has 19 atom stereocenters. The van der Waals surface area contributed by atoms with Gasteiger partial charge in [0.1, 0.15) is 35.6 Å². The quantitative estimate of drug-likeness (QED) is 0.0865. The minimum Gasteiger partial charge on any atom is -0.459 e. The molecule has 0 spiro atoms. The number of alkyl carbamates (subject to hydrolysis) is 1. The van der Waals surface area contributed by atoms with Gasteiger partial charge in [0, 0.05) is 57.7 Å². The summed E-state index contributed by atoms with van der Waals surface area (Å²) < 4.78 is 43.3. The first-order valence-corrected chi connectivity index (χ1v) is 24.5. The molecule has 0 aromatic carbocycles. The van der Waals surface area contributed by atoms with E-state index in [1.54, 1.807) is 69.2 Å². The maximum absolute atomic E-state index is 14.4. The topological polar surface area (TPSA) is 251 Å². The Morgan fingerprint density at radius 1 is 0.985 bits per heavy atom. The monoisotopic (exact) mass is 965 g/mol. The average molecular weight is 965 g/mol. The number of aliphatic hydroxyl groups is 6. The molecule has 0 saturated carbocycles. The van der Waals surface area contributed by atoms with Crippen LogP contribution in [0.4, 0.5) is 4.79 Å². The van der Waals surface area contributed by atoms with Gasteiger partial charge in [-0.3, -0.25) is 9.69 Å². The summed E-state index contributed by atoms with van der Waals surface area (Å²) in [4.78, 5) is 30.1. The van der Waals surface area contributed by atoms with Gasteiger partial charge < -0.3 is 79.3 Å². The molecule has 0 aromatic heterocycles. The van der Waals surface area contributed by atoms with Crippen LogP contribution >= 0.6 is 0 Å². The number of cyclic esters (lactones) is 1. The van der Waals surface area contributed by atoms with Crippen LogP contribution in [0.3, 0.4) is 0 Å². The van der Waals surface area contributed by atoms with Crippen LogP contribution in [0.15, 0.2) is 0 Å². The zero-order chi connectivity index (χ0) is 51.0. The Morgan fingerprint density at radius 3 is 2.22 bits per heavy atom. The van der Waals surface area contributed by atoms with Gasteiger partial charge in [0.2, 0.25) is 0 Å². The van der Waals surface area contributed by atoms with E-state index in [-0.39, 0.29) is 38.3 Å². The van der Waals surface area contributed by atoms with Crippen molar-refractivity contribution in [3.63, 3.8) is 0 Å². The van der Waals surface area contributed by atoms with Gasteiger partial charge in [-0.05, 0) is 121 Å². The summed E-state index contributed by atoms with van der Waals surface area (Å²) in [5.41, 5.74) is -5.16. The van der Waals surface area contributed by atoms with Crippen molar-refractivity contribution in [2.75, 3.05) is 53.9 Å². The fraction of sp³-hybridized carbons (Fsp3) is 0.958. The number of ether oxygens (including phenoxy) is 7. The third-order valence-corrected chi connectivity index (χ3v) is 14.2. The first-order chi connectivity index (χ1) is 30.9. The van der Waals surface area contributed by atoms with Crippen molar-refractivity contribution in [2.45, 2.75) is 224 Å². The fourth-order valence-corrected chi connectivity index (χ4v) is 10.2. The lowest BCUT2D eigenvalue weighted by Gasteiger charge is -2.49. The summed E-state index contributed by atoms with van der Waals surface area (Å²) >= 11 is 0. The highest BCUT2D eigenvalue weighted by Crippen LogP contribution is 2.40. The Labute approximate surface area is 400 Å². The summed E-state index contributed by atoms with van der Waals surface area (Å²) in [6.07, 6.45) is -10.1. The number of nitrogens with one attached hydrogen (secondary N) is 2. The van der Waals surface area contributed by atoms with Gasteiger partial charge in [-0.1, -0.05) is 20.8 Å². The van der Waals surface area contributed by atoms with E-state index < -0.39 is 126 Å². The molecule has 19 heteroatoms. The molecule has 19 nitrogen and oxygen atoms in total. The number of methoxy groups -OCH3 is 1. The second-order valence-electron chi connectivity index (χ2n) is 21.8. The number of likely N-dealkylation sites (N-methyl/N-ethyl adjacent to an activating group) is 2. The highest BCUT2D eigenvalue weighted by molar-refractivity contribution is 5.73. The molecule has 8 N–H and O–H groups in total. The molecule has 0 radical (unpaired) electrons. The van der Waals surface area contributed by atoms with Crippen LogP contribution in [0.2, 0.25) is 0 Å². The number of hydrogen-bond acceptors (Lipinski definition) is 18. The Balaban J connectivity index is 1.96. The van der Waals surface area contributed by atoms with Crippen LogP contribution in [0, 0.1) is 17.8 Å². The predicted molar refractivity (Wildman–Crippen MR) is 251 cm³/mol. The maximum atomic E-state index is 14.4. The molecule has 3 heterocycles. The van der Waals surface area contributed by atoms with Crippen molar-refractivity contribution in [3.8, 4) is 0 Å². The van der Waals surface area contributed by atoms with Crippen molar-refractivity contribution >= 4 is 12.1 Å². The normalized spacial score (nSPS) is 41.8. The van der Waals surface area contributed by atoms with Gasteiger partial charge in [-0.2, -0.15) is 0 Å². The van der Waals surface area contributed by atoms with Crippen LogP contribution in [-0.4, -0.2) is 208 Å². The summed E-state index contributed by atoms with van der Waals surface area (Å²) in [6, 6.07) is -1.11. The minimum absolute atomic E-state index is 0.0876. The molecule has 3 rings (SSSR count).